The number of nitrogens with one attached hydrogen (secondary N) is 1. The number of ether oxygens (including phenoxy) is 1. The lowest BCUT2D eigenvalue weighted by atomic mass is 9.90. The smallest absolute Gasteiger partial charge is 0.341 e. The molecule has 0 radical (unpaired) electrons. The molecule has 9 heteroatoms. The average molecular weight is 371 g/mol. The number of pyridine rings is 1. The standard InChI is InChI=1S/C16H19F2N3O3S/c1-9(2)16(4,8-19)21-12(22)10(3)24-14(23)11-6-5-7-20-13(11)25-15(17)18/h5-7,9-10,15H,1-4H3,(H,21,22). The number of nitriles is 1. The van der Waals surface area contributed by atoms with Gasteiger partial charge < -0.3 is 10.1 Å². The van der Waals surface area contributed by atoms with E-state index in [1.165, 1.54) is 25.3 Å². The van der Waals surface area contributed by atoms with Crippen LogP contribution >= 0.6 is 11.8 Å². The highest BCUT2D eigenvalue weighted by Gasteiger charge is 2.33. The molecule has 25 heavy (non-hydrogen) atoms. The normalized spacial score (nSPS) is 14.5. The molecule has 1 aromatic heterocycles. The van der Waals surface area contributed by atoms with E-state index in [1.807, 2.05) is 6.07 Å². The first kappa shape index (κ1) is 20.8. The highest BCUT2D eigenvalue weighted by Crippen LogP contribution is 2.27. The second-order valence-electron chi connectivity index (χ2n) is 5.74. The van der Waals surface area contributed by atoms with E-state index in [4.69, 9.17) is 4.74 Å². The van der Waals surface area contributed by atoms with E-state index in [0.29, 0.717) is 0 Å². The zero-order chi connectivity index (χ0) is 19.2. The van der Waals surface area contributed by atoms with Crippen LogP contribution < -0.4 is 5.32 Å². The molecule has 0 spiro atoms. The predicted octanol–water partition coefficient (Wildman–Crippen LogP) is 3.00. The van der Waals surface area contributed by atoms with Crippen LogP contribution in [0.4, 0.5) is 8.78 Å². The van der Waals surface area contributed by atoms with Gasteiger partial charge in [-0.2, -0.15) is 14.0 Å². The second kappa shape index (κ2) is 8.76. The SMILES string of the molecule is CC(OC(=O)c1cccnc1SC(F)F)C(=O)NC(C)(C#N)C(C)C. The molecule has 1 heterocycles. The minimum absolute atomic E-state index is 0.118. The van der Waals surface area contributed by atoms with Gasteiger partial charge in [0.1, 0.15) is 10.6 Å². The molecule has 2 unspecified atom stereocenters. The second-order valence-corrected chi connectivity index (χ2v) is 6.72. The summed E-state index contributed by atoms with van der Waals surface area (Å²) < 4.78 is 30.1. The van der Waals surface area contributed by atoms with Gasteiger partial charge in [0.15, 0.2) is 6.10 Å². The lowest BCUT2D eigenvalue weighted by Gasteiger charge is -2.28. The fourth-order valence-corrected chi connectivity index (χ4v) is 2.23. The van der Waals surface area contributed by atoms with Crippen molar-refractivity contribution in [3.63, 3.8) is 0 Å². The quantitative estimate of drug-likeness (QED) is 0.585. The van der Waals surface area contributed by atoms with E-state index >= 15 is 0 Å². The molecule has 6 nitrogen and oxygen atoms in total. The van der Waals surface area contributed by atoms with Gasteiger partial charge in [0, 0.05) is 6.20 Å². The summed E-state index contributed by atoms with van der Waals surface area (Å²) in [6.45, 7) is 6.43. The Balaban J connectivity index is 2.84. The van der Waals surface area contributed by atoms with Gasteiger partial charge in [0.25, 0.3) is 11.7 Å². The van der Waals surface area contributed by atoms with Gasteiger partial charge in [-0.15, -0.1) is 0 Å². The fraction of sp³-hybridized carbons (Fsp3) is 0.500. The summed E-state index contributed by atoms with van der Waals surface area (Å²) in [6.07, 6.45) is 0.0713. The van der Waals surface area contributed by atoms with Crippen molar-refractivity contribution < 1.29 is 23.1 Å². The van der Waals surface area contributed by atoms with Crippen LogP contribution in [-0.2, 0) is 9.53 Å². The van der Waals surface area contributed by atoms with Crippen molar-refractivity contribution in [2.24, 2.45) is 5.92 Å². The van der Waals surface area contributed by atoms with Crippen molar-refractivity contribution >= 4 is 23.6 Å². The lowest BCUT2D eigenvalue weighted by Crippen LogP contribution is -2.52. The summed E-state index contributed by atoms with van der Waals surface area (Å²) in [5.41, 5.74) is -1.28. The van der Waals surface area contributed by atoms with Crippen LogP contribution in [0.15, 0.2) is 23.4 Å². The Morgan fingerprint density at radius 2 is 2.04 bits per heavy atom. The van der Waals surface area contributed by atoms with Crippen LogP contribution in [0.1, 0.15) is 38.1 Å². The van der Waals surface area contributed by atoms with Crippen LogP contribution in [0, 0.1) is 17.2 Å². The topological polar surface area (TPSA) is 92.1 Å². The Morgan fingerprint density at radius 1 is 1.40 bits per heavy atom. The summed E-state index contributed by atoms with van der Waals surface area (Å²) in [6, 6.07) is 4.71. The van der Waals surface area contributed by atoms with Gasteiger partial charge in [0.2, 0.25) is 0 Å². The Labute approximate surface area is 148 Å². The molecule has 1 amide bonds. The number of halogens is 2. The molecule has 0 aliphatic heterocycles. The van der Waals surface area contributed by atoms with E-state index in [1.54, 1.807) is 20.8 Å². The van der Waals surface area contributed by atoms with E-state index in [0.717, 1.165) is 0 Å². The molecule has 0 aliphatic carbocycles. The number of rotatable bonds is 7. The summed E-state index contributed by atoms with van der Waals surface area (Å²) in [5, 5.41) is 11.6. The number of carbonyl (C=O) groups excluding carboxylic acids is 2. The highest BCUT2D eigenvalue weighted by atomic mass is 32.2. The van der Waals surface area contributed by atoms with Crippen LogP contribution in [0.25, 0.3) is 0 Å². The molecule has 0 saturated heterocycles. The monoisotopic (exact) mass is 371 g/mol. The highest BCUT2D eigenvalue weighted by molar-refractivity contribution is 7.99. The Bertz CT molecular complexity index is 679. The zero-order valence-corrected chi connectivity index (χ0v) is 15.1. The van der Waals surface area contributed by atoms with Crippen LogP contribution in [0.5, 0.6) is 0 Å². The van der Waals surface area contributed by atoms with E-state index < -0.39 is 29.3 Å². The molecular formula is C16H19F2N3O3S. The number of hydrogen-bond donors (Lipinski definition) is 1. The summed E-state index contributed by atoms with van der Waals surface area (Å²) in [7, 11) is 0. The molecule has 0 aromatic carbocycles. The molecule has 1 rings (SSSR count). The Morgan fingerprint density at radius 3 is 2.56 bits per heavy atom. The van der Waals surface area contributed by atoms with E-state index in [-0.39, 0.29) is 28.3 Å². The molecule has 0 aliphatic rings. The van der Waals surface area contributed by atoms with Crippen molar-refractivity contribution in [1.29, 1.82) is 5.26 Å². The molecule has 136 valence electrons. The van der Waals surface area contributed by atoms with Crippen molar-refractivity contribution in [3.05, 3.63) is 23.9 Å². The van der Waals surface area contributed by atoms with Gasteiger partial charge in [-0.25, -0.2) is 9.78 Å². The molecular weight excluding hydrogens is 352 g/mol. The Kier molecular flexibility index (Phi) is 7.30. The number of hydrogen-bond acceptors (Lipinski definition) is 6. The van der Waals surface area contributed by atoms with Gasteiger partial charge >= 0.3 is 5.97 Å². The maximum absolute atomic E-state index is 12.5. The molecule has 0 fully saturated rings. The average Bonchev–Trinajstić information content (AvgIpc) is 2.54. The number of thioether (sulfide) groups is 1. The third-order valence-electron chi connectivity index (χ3n) is 3.61. The number of esters is 1. The van der Waals surface area contributed by atoms with Crippen molar-refractivity contribution in [2.45, 2.75) is 50.1 Å². The fourth-order valence-electron chi connectivity index (χ4n) is 1.66. The van der Waals surface area contributed by atoms with Crippen LogP contribution in [-0.4, -0.2) is 34.3 Å². The molecule has 1 N–H and O–H groups in total. The minimum atomic E-state index is -2.75. The third-order valence-corrected chi connectivity index (χ3v) is 4.34. The first-order valence-electron chi connectivity index (χ1n) is 7.44. The molecule has 0 saturated carbocycles. The van der Waals surface area contributed by atoms with Crippen molar-refractivity contribution in [1.82, 2.24) is 10.3 Å². The van der Waals surface area contributed by atoms with Crippen molar-refractivity contribution in [3.8, 4) is 6.07 Å². The summed E-state index contributed by atoms with van der Waals surface area (Å²) in [4.78, 5) is 28.1. The maximum Gasteiger partial charge on any atom is 0.341 e. The number of alkyl halides is 2. The van der Waals surface area contributed by atoms with Crippen LogP contribution in [0.3, 0.4) is 0 Å². The van der Waals surface area contributed by atoms with E-state index in [2.05, 4.69) is 10.3 Å². The summed E-state index contributed by atoms with van der Waals surface area (Å²) in [5.74, 6) is -4.51. The van der Waals surface area contributed by atoms with E-state index in [9.17, 15) is 23.6 Å². The maximum atomic E-state index is 12.5. The van der Waals surface area contributed by atoms with Gasteiger partial charge in [-0.1, -0.05) is 13.8 Å². The molecule has 0 bridgehead atoms. The van der Waals surface area contributed by atoms with Gasteiger partial charge in [0.05, 0.1) is 11.6 Å². The Hall–Kier alpha value is -2.21. The summed E-state index contributed by atoms with van der Waals surface area (Å²) >= 11 is 0.118. The molecule has 2 atom stereocenters. The largest absolute Gasteiger partial charge is 0.449 e. The minimum Gasteiger partial charge on any atom is -0.449 e. The number of nitrogens with zero attached hydrogens (tertiary/aromatic N) is 2. The van der Waals surface area contributed by atoms with Gasteiger partial charge in [-0.05, 0) is 43.7 Å². The third kappa shape index (κ3) is 5.67. The number of amides is 1. The number of carbonyl (C=O) groups is 2. The van der Waals surface area contributed by atoms with Crippen molar-refractivity contribution in [2.75, 3.05) is 0 Å². The molecule has 1 aromatic rings. The predicted molar refractivity (Wildman–Crippen MR) is 88.0 cm³/mol. The lowest BCUT2D eigenvalue weighted by molar-refractivity contribution is -0.130. The van der Waals surface area contributed by atoms with Gasteiger partial charge in [-0.3, -0.25) is 4.79 Å². The zero-order valence-electron chi connectivity index (χ0n) is 14.2. The first-order valence-corrected chi connectivity index (χ1v) is 8.32. The first-order chi connectivity index (χ1) is 11.6. The number of aromatic nitrogens is 1. The van der Waals surface area contributed by atoms with Crippen LogP contribution in [0.2, 0.25) is 0 Å².